The zero-order valence-corrected chi connectivity index (χ0v) is 25.2. The van der Waals surface area contributed by atoms with Crippen molar-refractivity contribution in [2.75, 3.05) is 6.54 Å². The molecule has 2 heterocycles. The number of aromatic amines is 1. The Morgan fingerprint density at radius 3 is 2.54 bits per heavy atom. The number of aromatic nitrogens is 1. The third-order valence-corrected chi connectivity index (χ3v) is 9.59. The van der Waals surface area contributed by atoms with E-state index in [4.69, 9.17) is 0 Å². The van der Waals surface area contributed by atoms with Crippen LogP contribution >= 0.6 is 0 Å². The second-order valence-corrected chi connectivity index (χ2v) is 12.4. The molecule has 1 saturated heterocycles. The quantitative estimate of drug-likeness (QED) is 0.271. The van der Waals surface area contributed by atoms with E-state index >= 15 is 0 Å². The van der Waals surface area contributed by atoms with Crippen molar-refractivity contribution >= 4 is 40.2 Å². The molecule has 3 fully saturated rings. The highest BCUT2D eigenvalue weighted by molar-refractivity contribution is 6.38. The summed E-state index contributed by atoms with van der Waals surface area (Å²) in [5, 5.41) is 5.71. The number of Topliss-reactive ketones (excluding diaryl/α,β-unsaturated/α-hetero) is 2. The Hall–Kier alpha value is -4.61. The Labute approximate surface area is 264 Å². The predicted octanol–water partition coefficient (Wildman–Crippen LogP) is 4.14. The van der Waals surface area contributed by atoms with Crippen LogP contribution in [0, 0.1) is 17.8 Å². The fourth-order valence-corrected chi connectivity index (χ4v) is 7.38. The number of alkyl halides is 2. The van der Waals surface area contributed by atoms with E-state index in [0.29, 0.717) is 43.1 Å². The molecule has 1 aliphatic heterocycles. The van der Waals surface area contributed by atoms with Crippen LogP contribution in [0.4, 0.5) is 8.78 Å². The molecule has 3 amide bonds. The van der Waals surface area contributed by atoms with Crippen molar-refractivity contribution in [1.82, 2.24) is 20.5 Å². The molecule has 5 atom stereocenters. The maximum atomic E-state index is 14.1. The molecule has 3 aromatic rings. The lowest BCUT2D eigenvalue weighted by Gasteiger charge is -2.29. The van der Waals surface area contributed by atoms with Gasteiger partial charge in [-0.05, 0) is 67.7 Å². The predicted molar refractivity (Wildman–Crippen MR) is 163 cm³/mol. The lowest BCUT2D eigenvalue weighted by atomic mass is 9.91. The van der Waals surface area contributed by atoms with Crippen molar-refractivity contribution in [3.8, 4) is 5.75 Å². The molecule has 0 spiro atoms. The molecule has 3 aliphatic rings. The van der Waals surface area contributed by atoms with Gasteiger partial charge in [-0.1, -0.05) is 42.8 Å². The van der Waals surface area contributed by atoms with Gasteiger partial charge in [-0.15, -0.1) is 0 Å². The monoisotopic (exact) mass is 634 g/mol. The first kappa shape index (κ1) is 31.4. The second kappa shape index (κ2) is 13.4. The van der Waals surface area contributed by atoms with Crippen molar-refractivity contribution in [3.05, 3.63) is 65.9 Å². The lowest BCUT2D eigenvalue weighted by molar-refractivity contribution is -0.141. The van der Waals surface area contributed by atoms with Crippen LogP contribution < -0.4 is 15.4 Å². The van der Waals surface area contributed by atoms with Gasteiger partial charge in [-0.3, -0.25) is 24.0 Å². The van der Waals surface area contributed by atoms with Gasteiger partial charge >= 0.3 is 6.61 Å². The van der Waals surface area contributed by atoms with Gasteiger partial charge in [0, 0.05) is 36.3 Å². The molecule has 2 aliphatic carbocycles. The van der Waals surface area contributed by atoms with Gasteiger partial charge in [0.2, 0.25) is 11.7 Å². The summed E-state index contributed by atoms with van der Waals surface area (Å²) < 4.78 is 30.6. The third kappa shape index (κ3) is 6.52. The Bertz CT molecular complexity index is 1640. The van der Waals surface area contributed by atoms with Crippen molar-refractivity contribution < 1.29 is 37.5 Å². The number of fused-ring (bicyclic) bond motifs is 2. The smallest absolute Gasteiger partial charge is 0.387 e. The molecule has 46 heavy (non-hydrogen) atoms. The summed E-state index contributed by atoms with van der Waals surface area (Å²) in [5.74, 6) is -3.36. The fourth-order valence-electron chi connectivity index (χ4n) is 7.38. The van der Waals surface area contributed by atoms with E-state index in [0.717, 1.165) is 18.4 Å². The summed E-state index contributed by atoms with van der Waals surface area (Å²) in [6, 6.07) is 12.9. The number of rotatable bonds is 11. The van der Waals surface area contributed by atoms with Gasteiger partial charge in [0.15, 0.2) is 0 Å². The number of H-pyrrole nitrogens is 1. The number of carbonyl (C=O) groups is 5. The molecule has 1 aromatic heterocycles. The first-order chi connectivity index (χ1) is 22.2. The lowest BCUT2D eigenvalue weighted by Crippen LogP contribution is -2.55. The highest BCUT2D eigenvalue weighted by atomic mass is 19.3. The van der Waals surface area contributed by atoms with Crippen LogP contribution in [-0.4, -0.2) is 64.4 Å². The molecular formula is C34H36F2N4O6. The average Bonchev–Trinajstić information content (AvgIpc) is 3.84. The molecule has 242 valence electrons. The number of ether oxygens (including phenoxy) is 1. The Morgan fingerprint density at radius 1 is 1.00 bits per heavy atom. The summed E-state index contributed by atoms with van der Waals surface area (Å²) in [5.41, 5.74) is 1.34. The molecule has 12 heteroatoms. The summed E-state index contributed by atoms with van der Waals surface area (Å²) in [4.78, 5) is 71.5. The van der Waals surface area contributed by atoms with Crippen LogP contribution in [0.15, 0.2) is 54.6 Å². The Balaban J connectivity index is 1.23. The largest absolute Gasteiger partial charge is 0.434 e. The normalized spacial score (nSPS) is 23.0. The summed E-state index contributed by atoms with van der Waals surface area (Å²) >= 11 is 0. The number of amides is 3. The minimum absolute atomic E-state index is 0.000674. The van der Waals surface area contributed by atoms with Crippen molar-refractivity contribution in [3.63, 3.8) is 0 Å². The fraction of sp³-hybridized carbons (Fsp3) is 0.441. The minimum atomic E-state index is -3.04. The molecule has 0 radical (unpaired) electrons. The first-order valence-electron chi connectivity index (χ1n) is 15.8. The van der Waals surface area contributed by atoms with Crippen molar-refractivity contribution in [1.29, 1.82) is 0 Å². The molecule has 2 aromatic carbocycles. The summed E-state index contributed by atoms with van der Waals surface area (Å²) in [7, 11) is 0. The topological polar surface area (TPSA) is 138 Å². The van der Waals surface area contributed by atoms with Crippen LogP contribution in [-0.2, 0) is 25.7 Å². The number of nitrogens with zero attached hydrogens (tertiary/aromatic N) is 1. The minimum Gasteiger partial charge on any atom is -0.434 e. The van der Waals surface area contributed by atoms with Gasteiger partial charge < -0.3 is 25.3 Å². The van der Waals surface area contributed by atoms with E-state index in [1.807, 2.05) is 30.3 Å². The molecule has 3 N–H and O–H groups in total. The van der Waals surface area contributed by atoms with E-state index in [2.05, 4.69) is 20.4 Å². The molecule has 6 rings (SSSR count). The zero-order chi connectivity index (χ0) is 32.4. The maximum absolute atomic E-state index is 14.1. The number of likely N-dealkylation sites (tertiary alicyclic amines) is 1. The van der Waals surface area contributed by atoms with E-state index in [-0.39, 0.29) is 42.0 Å². The first-order valence-corrected chi connectivity index (χ1v) is 15.8. The molecule has 10 nitrogen and oxygen atoms in total. The van der Waals surface area contributed by atoms with E-state index < -0.39 is 48.1 Å². The maximum Gasteiger partial charge on any atom is 0.387 e. The standard InChI is InChI=1S/C34H36F2N4O6/c35-34(36)46-28-14-6-12-24-23(28)16-26(38-24)33(45)40-18-21-10-4-11-22(21)29(40)31(43)39-25(15-20-9-5-13-27(20)41)30(42)32(44)37-17-19-7-2-1-3-8-19/h1-3,6-8,12,14,16,20-22,25,29,34,38H,4-5,9-11,13,15,17-18H2,(H,37,44)(H,39,43)/t20?,21-,22-,25-,29-/m0/s1. The van der Waals surface area contributed by atoms with Crippen LogP contribution in [0.1, 0.15) is 61.0 Å². The number of carbonyl (C=O) groups excluding carboxylic acids is 5. The number of halogens is 2. The van der Waals surface area contributed by atoms with Crippen LogP contribution in [0.5, 0.6) is 5.75 Å². The SMILES string of the molecule is O=C(NCc1ccccc1)C(=O)[C@H](CC1CCCC1=O)NC(=O)[C@@H]1[C@H]2CCC[C@H]2CN1C(=O)c1cc2c(OC(F)F)cccc2[nH]1. The third-order valence-electron chi connectivity index (χ3n) is 9.59. The zero-order valence-electron chi connectivity index (χ0n) is 25.2. The summed E-state index contributed by atoms with van der Waals surface area (Å²) in [6.07, 6.45) is 4.08. The van der Waals surface area contributed by atoms with Gasteiger partial charge in [0.1, 0.15) is 23.3 Å². The van der Waals surface area contributed by atoms with Crippen molar-refractivity contribution in [2.45, 2.75) is 70.2 Å². The Kier molecular flexibility index (Phi) is 9.14. The van der Waals surface area contributed by atoms with Crippen molar-refractivity contribution in [2.24, 2.45) is 17.8 Å². The van der Waals surface area contributed by atoms with Crippen LogP contribution in [0.3, 0.4) is 0 Å². The highest BCUT2D eigenvalue weighted by Gasteiger charge is 2.50. The van der Waals surface area contributed by atoms with Gasteiger partial charge in [-0.25, -0.2) is 0 Å². The van der Waals surface area contributed by atoms with E-state index in [1.54, 1.807) is 6.07 Å². The molecule has 0 bridgehead atoms. The average molecular weight is 635 g/mol. The number of benzene rings is 2. The molecule has 2 saturated carbocycles. The number of hydrogen-bond acceptors (Lipinski definition) is 6. The number of hydrogen-bond donors (Lipinski definition) is 3. The van der Waals surface area contributed by atoms with E-state index in [9.17, 15) is 32.8 Å². The second-order valence-electron chi connectivity index (χ2n) is 12.4. The van der Waals surface area contributed by atoms with Gasteiger partial charge in [0.25, 0.3) is 11.8 Å². The van der Waals surface area contributed by atoms with Gasteiger partial charge in [0.05, 0.1) is 6.04 Å². The number of ketones is 2. The molecular weight excluding hydrogens is 598 g/mol. The summed E-state index contributed by atoms with van der Waals surface area (Å²) in [6.45, 7) is -2.60. The number of nitrogens with one attached hydrogen (secondary N) is 3. The van der Waals surface area contributed by atoms with Crippen LogP contribution in [0.2, 0.25) is 0 Å². The highest BCUT2D eigenvalue weighted by Crippen LogP contribution is 2.43. The van der Waals surface area contributed by atoms with E-state index in [1.165, 1.54) is 23.1 Å². The van der Waals surface area contributed by atoms with Gasteiger partial charge in [-0.2, -0.15) is 8.78 Å². The Morgan fingerprint density at radius 2 is 1.80 bits per heavy atom. The molecule has 1 unspecified atom stereocenters. The van der Waals surface area contributed by atoms with Crippen LogP contribution in [0.25, 0.3) is 10.9 Å².